The molecule has 1 amide bonds. The summed E-state index contributed by atoms with van der Waals surface area (Å²) >= 11 is 0. The number of rotatable bonds is 62. The monoisotopic (exact) mass is 1100 g/mol. The summed E-state index contributed by atoms with van der Waals surface area (Å²) in [6, 6.07) is -0.885. The lowest BCUT2D eigenvalue weighted by atomic mass is 10.0. The molecule has 454 valence electrons. The molecule has 9 heteroatoms. The number of allylic oxidation sites excluding steroid dienone is 7. The van der Waals surface area contributed by atoms with E-state index in [4.69, 9.17) is 9.05 Å². The fourth-order valence-electron chi connectivity index (χ4n) is 10.0. The second kappa shape index (κ2) is 59.1. The van der Waals surface area contributed by atoms with Crippen molar-refractivity contribution in [3.05, 3.63) is 48.6 Å². The number of phosphoric acid groups is 1. The van der Waals surface area contributed by atoms with Crippen LogP contribution in [-0.4, -0.2) is 68.5 Å². The fraction of sp³-hybridized carbons (Fsp3) is 0.868. The molecule has 0 saturated heterocycles. The van der Waals surface area contributed by atoms with Gasteiger partial charge in [0, 0.05) is 6.42 Å². The fourth-order valence-corrected chi connectivity index (χ4v) is 10.8. The SMILES string of the molecule is CCCCCCC/C=C\C/C=C\C/C=C\CCCCCCCCCCCCCCCCCCCCCCCCCCC(=O)NC(COP(=O)([O-])OCC[N+](C)(C)C)C(O)/C=C/CCCCCCCCCCCCCCCC. The van der Waals surface area contributed by atoms with E-state index in [1.54, 1.807) is 6.08 Å². The van der Waals surface area contributed by atoms with E-state index in [2.05, 4.69) is 55.6 Å². The zero-order chi connectivity index (χ0) is 56.3. The number of nitrogens with zero attached hydrogens (tertiary/aromatic N) is 1. The number of likely N-dealkylation sites (N-methyl/N-ethyl adjacent to an activating group) is 1. The molecule has 0 spiro atoms. The number of carbonyl (C=O) groups is 1. The lowest BCUT2D eigenvalue weighted by Crippen LogP contribution is -2.45. The van der Waals surface area contributed by atoms with Crippen molar-refractivity contribution < 1.29 is 32.9 Å². The predicted molar refractivity (Wildman–Crippen MR) is 334 cm³/mol. The van der Waals surface area contributed by atoms with Gasteiger partial charge in [0.15, 0.2) is 0 Å². The third kappa shape index (κ3) is 61.9. The zero-order valence-corrected chi connectivity index (χ0v) is 52.8. The molecule has 0 radical (unpaired) electrons. The van der Waals surface area contributed by atoms with Gasteiger partial charge in [-0.1, -0.05) is 313 Å². The summed E-state index contributed by atoms with van der Waals surface area (Å²) in [4.78, 5) is 25.5. The van der Waals surface area contributed by atoms with Gasteiger partial charge in [0.2, 0.25) is 5.91 Å². The van der Waals surface area contributed by atoms with E-state index < -0.39 is 20.0 Å². The number of hydrogen-bond acceptors (Lipinski definition) is 6. The first-order chi connectivity index (χ1) is 37.5. The minimum absolute atomic E-state index is 0.000672. The molecule has 0 aliphatic heterocycles. The number of amides is 1. The van der Waals surface area contributed by atoms with Crippen LogP contribution in [0.2, 0.25) is 0 Å². The van der Waals surface area contributed by atoms with E-state index in [1.807, 2.05) is 27.2 Å². The summed E-state index contributed by atoms with van der Waals surface area (Å²) in [5.41, 5.74) is 0. The van der Waals surface area contributed by atoms with E-state index in [-0.39, 0.29) is 19.1 Å². The van der Waals surface area contributed by atoms with Crippen molar-refractivity contribution in [2.24, 2.45) is 0 Å². The van der Waals surface area contributed by atoms with Crippen LogP contribution < -0.4 is 10.2 Å². The maximum atomic E-state index is 13.0. The van der Waals surface area contributed by atoms with Gasteiger partial charge in [0.05, 0.1) is 39.9 Å². The molecule has 2 N–H and O–H groups in total. The number of quaternary nitrogens is 1. The molecule has 0 aromatic heterocycles. The minimum atomic E-state index is -4.60. The smallest absolute Gasteiger partial charge is 0.268 e. The van der Waals surface area contributed by atoms with Gasteiger partial charge in [0.1, 0.15) is 13.2 Å². The summed E-state index contributed by atoms with van der Waals surface area (Å²) < 4.78 is 23.4. The van der Waals surface area contributed by atoms with Gasteiger partial charge < -0.3 is 28.8 Å². The Bertz CT molecular complexity index is 1390. The van der Waals surface area contributed by atoms with Crippen LogP contribution in [0.1, 0.15) is 328 Å². The molecule has 77 heavy (non-hydrogen) atoms. The number of carbonyl (C=O) groups excluding carboxylic acids is 1. The number of nitrogens with one attached hydrogen (secondary N) is 1. The highest BCUT2D eigenvalue weighted by Gasteiger charge is 2.23. The lowest BCUT2D eigenvalue weighted by Gasteiger charge is -2.29. The largest absolute Gasteiger partial charge is 0.756 e. The number of phosphoric ester groups is 1. The van der Waals surface area contributed by atoms with E-state index in [0.29, 0.717) is 17.4 Å². The molecule has 0 fully saturated rings. The minimum Gasteiger partial charge on any atom is -0.756 e. The standard InChI is InChI=1S/C68H131N2O6P/c1-6-8-10-12-14-16-18-20-22-24-25-26-27-28-29-30-31-32-33-34-35-36-37-38-39-40-41-42-43-44-45-46-48-50-52-54-56-58-60-62-68(72)69-66(65-76-77(73,74)75-64-63-70(3,4)5)67(71)61-59-57-55-53-51-49-47-23-21-19-17-15-13-11-9-7-2/h18,20,24-25,27-28,59,61,66-67,71H,6-17,19,21-23,26,29-58,60,62-65H2,1-5H3,(H-,69,72,73,74)/b20-18-,25-24-,28-27-,61-59+. The highest BCUT2D eigenvalue weighted by Crippen LogP contribution is 2.38. The molecule has 3 unspecified atom stereocenters. The average molecular weight is 1100 g/mol. The summed E-state index contributed by atoms with van der Waals surface area (Å²) in [7, 11) is 1.27. The molecule has 0 aliphatic rings. The van der Waals surface area contributed by atoms with Crippen molar-refractivity contribution in [2.75, 3.05) is 40.9 Å². The molecular weight excluding hydrogens is 972 g/mol. The van der Waals surface area contributed by atoms with Crippen LogP contribution in [0.3, 0.4) is 0 Å². The van der Waals surface area contributed by atoms with Gasteiger partial charge in [-0.3, -0.25) is 9.36 Å². The van der Waals surface area contributed by atoms with Gasteiger partial charge in [0.25, 0.3) is 7.82 Å². The number of unbranched alkanes of at least 4 members (excludes halogenated alkanes) is 43. The van der Waals surface area contributed by atoms with Crippen LogP contribution in [0.5, 0.6) is 0 Å². The number of hydrogen-bond donors (Lipinski definition) is 2. The Balaban J connectivity index is 3.92. The van der Waals surface area contributed by atoms with E-state index in [1.165, 1.54) is 257 Å². The molecule has 0 bridgehead atoms. The van der Waals surface area contributed by atoms with Crippen molar-refractivity contribution in [1.29, 1.82) is 0 Å². The zero-order valence-electron chi connectivity index (χ0n) is 51.9. The predicted octanol–water partition coefficient (Wildman–Crippen LogP) is 20.4. The van der Waals surface area contributed by atoms with E-state index in [9.17, 15) is 19.4 Å². The van der Waals surface area contributed by atoms with Crippen LogP contribution in [0.15, 0.2) is 48.6 Å². The van der Waals surface area contributed by atoms with Crippen molar-refractivity contribution >= 4 is 13.7 Å². The van der Waals surface area contributed by atoms with Crippen molar-refractivity contribution in [1.82, 2.24) is 5.32 Å². The molecule has 0 aromatic rings. The number of aliphatic hydroxyl groups is 1. The van der Waals surface area contributed by atoms with Crippen LogP contribution in [0, 0.1) is 0 Å². The van der Waals surface area contributed by atoms with Crippen LogP contribution in [-0.2, 0) is 18.4 Å². The molecule has 0 rings (SSSR count). The summed E-state index contributed by atoms with van der Waals surface area (Å²) in [5.74, 6) is -0.192. The molecule has 8 nitrogen and oxygen atoms in total. The van der Waals surface area contributed by atoms with Gasteiger partial charge >= 0.3 is 0 Å². The second-order valence-corrected chi connectivity index (χ2v) is 25.6. The highest BCUT2D eigenvalue weighted by molar-refractivity contribution is 7.45. The Morgan fingerprint density at radius 1 is 0.455 bits per heavy atom. The lowest BCUT2D eigenvalue weighted by molar-refractivity contribution is -0.870. The topological polar surface area (TPSA) is 108 Å². The van der Waals surface area contributed by atoms with E-state index in [0.717, 1.165) is 51.4 Å². The maximum Gasteiger partial charge on any atom is 0.268 e. The van der Waals surface area contributed by atoms with Gasteiger partial charge in [-0.2, -0.15) is 0 Å². The highest BCUT2D eigenvalue weighted by atomic mass is 31.2. The first-order valence-corrected chi connectivity index (χ1v) is 35.0. The van der Waals surface area contributed by atoms with E-state index >= 15 is 0 Å². The Labute approximate surface area is 479 Å². The quantitative estimate of drug-likeness (QED) is 0.0272. The first-order valence-electron chi connectivity index (χ1n) is 33.5. The Kier molecular flexibility index (Phi) is 57.9. The Morgan fingerprint density at radius 3 is 1.09 bits per heavy atom. The van der Waals surface area contributed by atoms with Crippen molar-refractivity contribution in [3.8, 4) is 0 Å². The Hall–Kier alpha value is -1.54. The van der Waals surface area contributed by atoms with Crippen LogP contribution >= 0.6 is 7.82 Å². The molecule has 0 saturated carbocycles. The van der Waals surface area contributed by atoms with Crippen molar-refractivity contribution in [2.45, 2.75) is 341 Å². The average Bonchev–Trinajstić information content (AvgIpc) is 3.39. The molecule has 0 heterocycles. The number of aliphatic hydroxyl groups excluding tert-OH is 1. The van der Waals surface area contributed by atoms with Gasteiger partial charge in [-0.25, -0.2) is 0 Å². The molecule has 0 aromatic carbocycles. The Morgan fingerprint density at radius 2 is 0.753 bits per heavy atom. The first kappa shape index (κ1) is 75.5. The van der Waals surface area contributed by atoms with Gasteiger partial charge in [-0.15, -0.1) is 0 Å². The summed E-state index contributed by atoms with van der Waals surface area (Å²) in [6.45, 7) is 4.67. The van der Waals surface area contributed by atoms with Gasteiger partial charge in [-0.05, 0) is 57.8 Å². The normalized spacial score (nSPS) is 14.0. The maximum absolute atomic E-state index is 13.0. The summed E-state index contributed by atoms with van der Waals surface area (Å²) in [5, 5.41) is 13.9. The molecule has 3 atom stereocenters. The van der Waals surface area contributed by atoms with Crippen LogP contribution in [0.4, 0.5) is 0 Å². The molecule has 0 aliphatic carbocycles. The summed E-state index contributed by atoms with van der Waals surface area (Å²) in [6.07, 6.45) is 79.4. The molecular formula is C68H131N2O6P. The van der Waals surface area contributed by atoms with Crippen LogP contribution in [0.25, 0.3) is 0 Å². The third-order valence-corrected chi connectivity index (χ3v) is 16.2. The van der Waals surface area contributed by atoms with Crippen molar-refractivity contribution in [3.63, 3.8) is 0 Å². The third-order valence-electron chi connectivity index (χ3n) is 15.3. The second-order valence-electron chi connectivity index (χ2n) is 24.2.